The van der Waals surface area contributed by atoms with Crippen LogP contribution in [0.2, 0.25) is 0 Å². The number of fused-ring (bicyclic) bond motifs is 1. The molecular formula is C33H43N3O7S. The molecule has 0 saturated carbocycles. The average molecular weight is 626 g/mol. The van der Waals surface area contributed by atoms with Crippen LogP contribution in [-0.2, 0) is 45.5 Å². The number of nitrogens with one attached hydrogen (secondary N) is 1. The van der Waals surface area contributed by atoms with Gasteiger partial charge in [0, 0.05) is 49.9 Å². The lowest BCUT2D eigenvalue weighted by molar-refractivity contribution is -0.119. The Hall–Kier alpha value is -3.38. The molecule has 44 heavy (non-hydrogen) atoms. The van der Waals surface area contributed by atoms with Crippen LogP contribution in [0.5, 0.6) is 11.5 Å². The molecule has 0 spiro atoms. The summed E-state index contributed by atoms with van der Waals surface area (Å²) >= 11 is 0. The maximum Gasteiger partial charge on any atom is 0.303 e. The van der Waals surface area contributed by atoms with Crippen LogP contribution in [0.15, 0.2) is 54.9 Å². The maximum atomic E-state index is 12.5. The summed E-state index contributed by atoms with van der Waals surface area (Å²) < 4.78 is 46.9. The van der Waals surface area contributed by atoms with Crippen LogP contribution in [0.3, 0.4) is 0 Å². The first-order chi connectivity index (χ1) is 21.2. The first-order valence-electron chi connectivity index (χ1n) is 15.2. The van der Waals surface area contributed by atoms with E-state index < -0.39 is 22.2 Å². The van der Waals surface area contributed by atoms with Gasteiger partial charge in [-0.25, -0.2) is 4.72 Å². The third kappa shape index (κ3) is 7.63. The number of morpholine rings is 1. The molecule has 0 radical (unpaired) electrons. The van der Waals surface area contributed by atoms with Crippen molar-refractivity contribution in [2.75, 3.05) is 40.5 Å². The number of carbonyl (C=O) groups excluding carboxylic acids is 1. The van der Waals surface area contributed by atoms with E-state index in [1.807, 2.05) is 37.5 Å². The average Bonchev–Trinajstić information content (AvgIpc) is 3.66. The Labute approximate surface area is 260 Å². The molecule has 10 nitrogen and oxygen atoms in total. The van der Waals surface area contributed by atoms with E-state index in [4.69, 9.17) is 14.2 Å². The van der Waals surface area contributed by atoms with Crippen molar-refractivity contribution in [2.24, 2.45) is 11.8 Å². The summed E-state index contributed by atoms with van der Waals surface area (Å²) in [5, 5.41) is 11.8. The fourth-order valence-corrected chi connectivity index (χ4v) is 7.57. The number of carbonyl (C=O) groups is 1. The molecule has 11 heteroatoms. The zero-order valence-electron chi connectivity index (χ0n) is 25.7. The highest BCUT2D eigenvalue weighted by molar-refractivity contribution is 7.87. The van der Waals surface area contributed by atoms with Crippen LogP contribution in [0.1, 0.15) is 46.8 Å². The first-order valence-corrected chi connectivity index (χ1v) is 16.6. The summed E-state index contributed by atoms with van der Waals surface area (Å²) in [4.78, 5) is 12.5. The van der Waals surface area contributed by atoms with Crippen molar-refractivity contribution in [2.45, 2.75) is 51.7 Å². The van der Waals surface area contributed by atoms with E-state index in [0.717, 1.165) is 36.0 Å². The quantitative estimate of drug-likeness (QED) is 0.298. The highest BCUT2D eigenvalue weighted by Gasteiger charge is 2.30. The van der Waals surface area contributed by atoms with E-state index in [9.17, 15) is 18.3 Å². The second-order valence-electron chi connectivity index (χ2n) is 11.8. The predicted molar refractivity (Wildman–Crippen MR) is 167 cm³/mol. The number of methoxy groups -OCH3 is 2. The number of hydrogen-bond acceptors (Lipinski definition) is 7. The van der Waals surface area contributed by atoms with E-state index in [0.29, 0.717) is 43.6 Å². The van der Waals surface area contributed by atoms with Crippen molar-refractivity contribution in [3.8, 4) is 11.5 Å². The van der Waals surface area contributed by atoms with Crippen molar-refractivity contribution in [1.82, 2.24) is 13.6 Å². The maximum absolute atomic E-state index is 12.5. The largest absolute Gasteiger partial charge is 0.496 e. The molecule has 0 bridgehead atoms. The monoisotopic (exact) mass is 625 g/mol. The van der Waals surface area contributed by atoms with Gasteiger partial charge in [0.25, 0.3) is 0 Å². The molecule has 2 N–H and O–H groups in total. The van der Waals surface area contributed by atoms with E-state index in [1.54, 1.807) is 14.2 Å². The minimum Gasteiger partial charge on any atom is -0.496 e. The fourth-order valence-electron chi connectivity index (χ4n) is 6.42. The van der Waals surface area contributed by atoms with Gasteiger partial charge in [0.2, 0.25) is 5.91 Å². The number of ether oxygens (including phenoxy) is 3. The Bertz CT molecular complexity index is 1500. The van der Waals surface area contributed by atoms with Gasteiger partial charge >= 0.3 is 10.2 Å². The summed E-state index contributed by atoms with van der Waals surface area (Å²) in [6.07, 6.45) is 6.41. The van der Waals surface area contributed by atoms with Gasteiger partial charge in [0.05, 0.1) is 33.5 Å². The van der Waals surface area contributed by atoms with Crippen LogP contribution >= 0.6 is 0 Å². The smallest absolute Gasteiger partial charge is 0.303 e. The van der Waals surface area contributed by atoms with Gasteiger partial charge in [-0.05, 0) is 79.0 Å². The molecule has 2 heterocycles. The lowest BCUT2D eigenvalue weighted by Crippen LogP contribution is -2.48. The molecule has 1 amide bonds. The van der Waals surface area contributed by atoms with E-state index in [1.165, 1.54) is 15.4 Å². The summed E-state index contributed by atoms with van der Waals surface area (Å²) in [6.45, 7) is 3.60. The summed E-state index contributed by atoms with van der Waals surface area (Å²) in [5.41, 5.74) is 5.30. The highest BCUT2D eigenvalue weighted by atomic mass is 32.2. The van der Waals surface area contributed by atoms with Crippen LogP contribution in [0.25, 0.3) is 0 Å². The topological polar surface area (TPSA) is 119 Å². The predicted octanol–water partition coefficient (Wildman–Crippen LogP) is 3.59. The molecule has 2 aromatic carbocycles. The van der Waals surface area contributed by atoms with Gasteiger partial charge < -0.3 is 23.9 Å². The SMILES string of the molecule is COc1cc([C@@H](O)[C@@H](CC2Cc3ccccc3C2)Cn2ccc(CCC(=O)NS(=O)(=O)N3CCOCC3)c2)cc(OC)c1C. The van der Waals surface area contributed by atoms with E-state index >= 15 is 0 Å². The highest BCUT2D eigenvalue weighted by Crippen LogP contribution is 2.39. The zero-order chi connectivity index (χ0) is 31.3. The van der Waals surface area contributed by atoms with E-state index in [2.05, 4.69) is 33.6 Å². The molecule has 0 unspecified atom stereocenters. The standard InChI is InChI=1S/C33H43N3O7S/c1-23-30(41-2)19-28(20-31(23)42-3)33(38)29(18-25-16-26-6-4-5-7-27(26)17-25)22-35-11-10-24(21-35)8-9-32(37)34-44(39,40)36-12-14-43-15-13-36/h4-7,10-11,19-21,25,29,33,38H,8-9,12-18,22H2,1-3H3,(H,34,37)/t29-,33+/m0/s1. The van der Waals surface area contributed by atoms with Crippen molar-refractivity contribution < 1.29 is 32.5 Å². The molecule has 3 aromatic rings. The van der Waals surface area contributed by atoms with Crippen molar-refractivity contribution >= 4 is 16.1 Å². The van der Waals surface area contributed by atoms with Crippen molar-refractivity contribution in [3.63, 3.8) is 0 Å². The van der Waals surface area contributed by atoms with Crippen LogP contribution < -0.4 is 14.2 Å². The molecule has 1 aromatic heterocycles. The van der Waals surface area contributed by atoms with Crippen molar-refractivity contribution in [1.29, 1.82) is 0 Å². The fraction of sp³-hybridized carbons (Fsp3) is 0.485. The molecule has 1 fully saturated rings. The molecular weight excluding hydrogens is 582 g/mol. The summed E-state index contributed by atoms with van der Waals surface area (Å²) in [5.74, 6) is 1.10. The Morgan fingerprint density at radius 1 is 1.07 bits per heavy atom. The number of benzene rings is 2. The first kappa shape index (κ1) is 32.0. The zero-order valence-corrected chi connectivity index (χ0v) is 26.5. The Kier molecular flexibility index (Phi) is 10.3. The Balaban J connectivity index is 1.27. The molecule has 1 aliphatic heterocycles. The normalized spacial score (nSPS) is 17.2. The molecule has 238 valence electrons. The Morgan fingerprint density at radius 3 is 2.32 bits per heavy atom. The molecule has 2 aliphatic rings. The van der Waals surface area contributed by atoms with Crippen molar-refractivity contribution in [3.05, 3.63) is 82.7 Å². The lowest BCUT2D eigenvalue weighted by atomic mass is 9.85. The van der Waals surface area contributed by atoms with Gasteiger partial charge in [-0.3, -0.25) is 4.79 Å². The molecule has 1 aliphatic carbocycles. The minimum atomic E-state index is -3.87. The molecule has 1 saturated heterocycles. The number of aliphatic hydroxyl groups excluding tert-OH is 1. The summed E-state index contributed by atoms with van der Waals surface area (Å²) in [6, 6.07) is 14.3. The van der Waals surface area contributed by atoms with Gasteiger partial charge in [-0.2, -0.15) is 12.7 Å². The number of rotatable bonds is 13. The minimum absolute atomic E-state index is 0.0446. The number of aromatic nitrogens is 1. The Morgan fingerprint density at radius 2 is 1.70 bits per heavy atom. The second kappa shape index (κ2) is 14.2. The number of nitrogens with zero attached hydrogens (tertiary/aromatic N) is 2. The lowest BCUT2D eigenvalue weighted by Gasteiger charge is -2.27. The third-order valence-electron chi connectivity index (χ3n) is 8.78. The van der Waals surface area contributed by atoms with Crippen LogP contribution in [0, 0.1) is 18.8 Å². The third-order valence-corrected chi connectivity index (χ3v) is 10.3. The summed E-state index contributed by atoms with van der Waals surface area (Å²) in [7, 11) is -0.643. The van der Waals surface area contributed by atoms with Crippen LogP contribution in [-0.4, -0.2) is 68.8 Å². The van der Waals surface area contributed by atoms with E-state index in [-0.39, 0.29) is 25.4 Å². The van der Waals surface area contributed by atoms with Crippen LogP contribution in [0.4, 0.5) is 0 Å². The van der Waals surface area contributed by atoms with Gasteiger partial charge in [-0.1, -0.05) is 24.3 Å². The van der Waals surface area contributed by atoms with Gasteiger partial charge in [0.15, 0.2) is 0 Å². The van der Waals surface area contributed by atoms with Gasteiger partial charge in [0.1, 0.15) is 11.5 Å². The number of aliphatic hydroxyl groups is 1. The number of aryl methyl sites for hydroxylation is 1. The number of amides is 1. The number of hydrogen-bond donors (Lipinski definition) is 2. The molecule has 5 rings (SSSR count). The molecule has 2 atom stereocenters. The van der Waals surface area contributed by atoms with Gasteiger partial charge in [-0.15, -0.1) is 0 Å². The second-order valence-corrected chi connectivity index (χ2v) is 13.5.